The molecule has 106 valence electrons. The van der Waals surface area contributed by atoms with Crippen molar-refractivity contribution >= 4 is 11.9 Å². The fraction of sp³-hybridized carbons (Fsp3) is 0.455. The number of rotatable bonds is 4. The van der Waals surface area contributed by atoms with Crippen LogP contribution in [0.15, 0.2) is 10.5 Å². The number of amides is 1. The predicted molar refractivity (Wildman–Crippen MR) is 58.1 cm³/mol. The molecule has 0 fully saturated rings. The van der Waals surface area contributed by atoms with Gasteiger partial charge in [-0.2, -0.15) is 13.2 Å². The largest absolute Gasteiger partial charge is 0.478 e. The summed E-state index contributed by atoms with van der Waals surface area (Å²) in [6, 6.07) is 0.941. The Morgan fingerprint density at radius 3 is 2.37 bits per heavy atom. The molecule has 1 aromatic heterocycles. The van der Waals surface area contributed by atoms with Gasteiger partial charge >= 0.3 is 12.1 Å². The Bertz CT molecular complexity index is 493. The van der Waals surface area contributed by atoms with E-state index in [0.717, 1.165) is 13.1 Å². The van der Waals surface area contributed by atoms with E-state index in [1.807, 2.05) is 0 Å². The number of furan rings is 1. The number of halogens is 3. The smallest absolute Gasteiger partial charge is 0.406 e. The van der Waals surface area contributed by atoms with E-state index in [0.29, 0.717) is 4.90 Å². The van der Waals surface area contributed by atoms with Crippen LogP contribution in [0.1, 0.15) is 33.6 Å². The lowest BCUT2D eigenvalue weighted by molar-refractivity contribution is -0.138. The number of carbonyl (C=O) groups excluding carboxylic acids is 1. The zero-order valence-corrected chi connectivity index (χ0v) is 10.2. The Morgan fingerprint density at radius 1 is 1.42 bits per heavy atom. The molecule has 0 saturated carbocycles. The molecule has 19 heavy (non-hydrogen) atoms. The van der Waals surface area contributed by atoms with Crippen LogP contribution in [0.5, 0.6) is 0 Å². The maximum absolute atomic E-state index is 12.1. The predicted octanol–water partition coefficient (Wildman–Crippen LogP) is 2.17. The van der Waals surface area contributed by atoms with Gasteiger partial charge in [0.15, 0.2) is 5.76 Å². The number of carboxylic acid groups (broad SMARTS) is 1. The van der Waals surface area contributed by atoms with Crippen LogP contribution in [0.4, 0.5) is 13.2 Å². The van der Waals surface area contributed by atoms with Gasteiger partial charge in [-0.1, -0.05) is 6.92 Å². The molecule has 0 aliphatic heterocycles. The molecule has 1 rings (SSSR count). The SMILES string of the molecule is CCc1oc(C(=O)N(C)CC(F)(F)F)cc1C(=O)O. The molecule has 1 aromatic rings. The van der Waals surface area contributed by atoms with Crippen molar-refractivity contribution in [1.29, 1.82) is 0 Å². The van der Waals surface area contributed by atoms with E-state index in [1.165, 1.54) is 0 Å². The Hall–Kier alpha value is -1.99. The number of carboxylic acids is 1. The summed E-state index contributed by atoms with van der Waals surface area (Å²) in [7, 11) is 0.963. The molecule has 0 bridgehead atoms. The summed E-state index contributed by atoms with van der Waals surface area (Å²) in [6.07, 6.45) is -4.31. The average Bonchev–Trinajstić information content (AvgIpc) is 2.69. The highest BCUT2D eigenvalue weighted by molar-refractivity contribution is 5.96. The molecular weight excluding hydrogens is 267 g/mol. The molecule has 0 atom stereocenters. The molecule has 5 nitrogen and oxygen atoms in total. The molecule has 1 heterocycles. The molecule has 0 aromatic carbocycles. The lowest BCUT2D eigenvalue weighted by Gasteiger charge is -2.17. The summed E-state index contributed by atoms with van der Waals surface area (Å²) in [5.41, 5.74) is -0.216. The molecule has 1 N–H and O–H groups in total. The minimum atomic E-state index is -4.53. The lowest BCUT2D eigenvalue weighted by Crippen LogP contribution is -2.35. The third kappa shape index (κ3) is 3.73. The first kappa shape index (κ1) is 15.1. The topological polar surface area (TPSA) is 70.8 Å². The molecule has 1 amide bonds. The van der Waals surface area contributed by atoms with Crippen molar-refractivity contribution in [2.75, 3.05) is 13.6 Å². The molecule has 0 unspecified atom stereocenters. The van der Waals surface area contributed by atoms with Gasteiger partial charge in [0.2, 0.25) is 0 Å². The Morgan fingerprint density at radius 2 is 2.00 bits per heavy atom. The van der Waals surface area contributed by atoms with Gasteiger partial charge in [-0.3, -0.25) is 4.79 Å². The molecule has 0 spiro atoms. The number of aryl methyl sites for hydroxylation is 1. The Balaban J connectivity index is 2.97. The van der Waals surface area contributed by atoms with Crippen LogP contribution in [0.3, 0.4) is 0 Å². The molecule has 0 aliphatic carbocycles. The van der Waals surface area contributed by atoms with Gasteiger partial charge in [-0.05, 0) is 0 Å². The van der Waals surface area contributed by atoms with Crippen LogP contribution in [-0.2, 0) is 6.42 Å². The van der Waals surface area contributed by atoms with Crippen molar-refractivity contribution in [2.24, 2.45) is 0 Å². The van der Waals surface area contributed by atoms with Crippen molar-refractivity contribution in [3.8, 4) is 0 Å². The minimum Gasteiger partial charge on any atom is -0.478 e. The maximum atomic E-state index is 12.1. The van der Waals surface area contributed by atoms with Gasteiger partial charge < -0.3 is 14.4 Å². The summed E-state index contributed by atoms with van der Waals surface area (Å²) in [5, 5.41) is 8.85. The van der Waals surface area contributed by atoms with E-state index >= 15 is 0 Å². The van der Waals surface area contributed by atoms with Crippen LogP contribution in [0, 0.1) is 0 Å². The first-order chi connectivity index (χ1) is 8.65. The molecule has 0 radical (unpaired) electrons. The van der Waals surface area contributed by atoms with Gasteiger partial charge in [0, 0.05) is 19.5 Å². The monoisotopic (exact) mass is 279 g/mol. The first-order valence-corrected chi connectivity index (χ1v) is 5.34. The molecular formula is C11H12F3NO4. The Kier molecular flexibility index (Phi) is 4.23. The van der Waals surface area contributed by atoms with Gasteiger partial charge in [0.05, 0.1) is 0 Å². The lowest BCUT2D eigenvalue weighted by atomic mass is 10.2. The zero-order valence-electron chi connectivity index (χ0n) is 10.2. The second-order valence-corrected chi connectivity index (χ2v) is 3.88. The quantitative estimate of drug-likeness (QED) is 0.917. The third-order valence-corrected chi connectivity index (χ3v) is 2.33. The summed E-state index contributed by atoms with van der Waals surface area (Å²) in [6.45, 7) is 0.176. The zero-order chi connectivity index (χ0) is 14.8. The van der Waals surface area contributed by atoms with Crippen LogP contribution in [-0.4, -0.2) is 41.7 Å². The van der Waals surface area contributed by atoms with E-state index in [-0.39, 0.29) is 17.7 Å². The highest BCUT2D eigenvalue weighted by atomic mass is 19.4. The van der Waals surface area contributed by atoms with E-state index in [2.05, 4.69) is 0 Å². The minimum absolute atomic E-state index is 0.0521. The first-order valence-electron chi connectivity index (χ1n) is 5.34. The average molecular weight is 279 g/mol. The van der Waals surface area contributed by atoms with Crippen LogP contribution >= 0.6 is 0 Å². The Labute approximate surface area is 106 Å². The van der Waals surface area contributed by atoms with Crippen molar-refractivity contribution in [1.82, 2.24) is 4.90 Å². The third-order valence-electron chi connectivity index (χ3n) is 2.33. The highest BCUT2D eigenvalue weighted by Crippen LogP contribution is 2.20. The fourth-order valence-corrected chi connectivity index (χ4v) is 1.51. The molecule has 0 saturated heterocycles. The van der Waals surface area contributed by atoms with Crippen molar-refractivity contribution in [3.63, 3.8) is 0 Å². The number of carbonyl (C=O) groups is 2. The number of aromatic carboxylic acids is 1. The van der Waals surface area contributed by atoms with Crippen LogP contribution in [0.2, 0.25) is 0 Å². The summed E-state index contributed by atoms with van der Waals surface area (Å²) in [4.78, 5) is 22.9. The van der Waals surface area contributed by atoms with Gasteiger partial charge in [-0.15, -0.1) is 0 Å². The van der Waals surface area contributed by atoms with E-state index in [4.69, 9.17) is 9.52 Å². The number of hydrogen-bond acceptors (Lipinski definition) is 3. The summed E-state index contributed by atoms with van der Waals surface area (Å²) >= 11 is 0. The number of alkyl halides is 3. The fourth-order valence-electron chi connectivity index (χ4n) is 1.51. The summed E-state index contributed by atoms with van der Waals surface area (Å²) in [5.74, 6) is -2.67. The van der Waals surface area contributed by atoms with Crippen molar-refractivity contribution in [3.05, 3.63) is 23.2 Å². The second-order valence-electron chi connectivity index (χ2n) is 3.88. The maximum Gasteiger partial charge on any atom is 0.406 e. The summed E-state index contributed by atoms with van der Waals surface area (Å²) < 4.78 is 41.4. The standard InChI is InChI=1S/C11H12F3NO4/c1-3-7-6(10(17)18)4-8(19-7)9(16)15(2)5-11(12,13)14/h4H,3,5H2,1-2H3,(H,17,18). The number of hydrogen-bond donors (Lipinski definition) is 1. The van der Waals surface area contributed by atoms with Crippen molar-refractivity contribution < 1.29 is 32.3 Å². The van der Waals surface area contributed by atoms with Gasteiger partial charge in [0.25, 0.3) is 5.91 Å². The van der Waals surface area contributed by atoms with E-state index < -0.39 is 30.4 Å². The van der Waals surface area contributed by atoms with Crippen molar-refractivity contribution in [2.45, 2.75) is 19.5 Å². The van der Waals surface area contributed by atoms with Gasteiger partial charge in [0.1, 0.15) is 17.9 Å². The van der Waals surface area contributed by atoms with Gasteiger partial charge in [-0.25, -0.2) is 4.79 Å². The normalized spacial score (nSPS) is 11.4. The second kappa shape index (κ2) is 5.33. The highest BCUT2D eigenvalue weighted by Gasteiger charge is 2.33. The molecule has 8 heteroatoms. The van der Waals surface area contributed by atoms with E-state index in [9.17, 15) is 22.8 Å². The number of nitrogens with zero attached hydrogens (tertiary/aromatic N) is 1. The van der Waals surface area contributed by atoms with Crippen LogP contribution in [0.25, 0.3) is 0 Å². The van der Waals surface area contributed by atoms with E-state index in [1.54, 1.807) is 6.92 Å². The molecule has 0 aliphatic rings. The van der Waals surface area contributed by atoms with Crippen LogP contribution < -0.4 is 0 Å².